The summed E-state index contributed by atoms with van der Waals surface area (Å²) < 4.78 is 2.17. The predicted octanol–water partition coefficient (Wildman–Crippen LogP) is 18.4. The maximum atomic E-state index is 12.4. The van der Waals surface area contributed by atoms with E-state index < -0.39 is 0 Å². The third-order valence-corrected chi connectivity index (χ3v) is 14.3. The first kappa shape index (κ1) is 52.7. The van der Waals surface area contributed by atoms with E-state index in [4.69, 9.17) is 9.97 Å². The molecular weight excluding hydrogens is 1070 g/mol. The van der Waals surface area contributed by atoms with Gasteiger partial charge in [0.05, 0.1) is 16.6 Å². The van der Waals surface area contributed by atoms with E-state index in [2.05, 4.69) is 247 Å². The zero-order valence-corrected chi connectivity index (χ0v) is 47.5. The number of phenolic OH excluding ortho intramolecular Hbond substituents is 1. The van der Waals surface area contributed by atoms with Gasteiger partial charge in [0.25, 0.3) is 0 Å². The molecule has 0 saturated carbocycles. The van der Waals surface area contributed by atoms with Crippen LogP contribution in [0.3, 0.4) is 0 Å². The summed E-state index contributed by atoms with van der Waals surface area (Å²) in [5.74, 6) is 0.950. The number of aromatic hydroxyl groups is 1. The number of rotatable bonds is 8. The van der Waals surface area contributed by atoms with Crippen molar-refractivity contribution in [3.63, 3.8) is 0 Å². The fraction of sp³-hybridized carbons (Fsp3) is 0.265. The molecule has 2 heterocycles. The summed E-state index contributed by atoms with van der Waals surface area (Å²) in [5, 5.41) is 12.4. The molecule has 0 unspecified atom stereocenters. The standard InChI is InChI=1S/C68H70N3O.Pt/c1-42(2)45-30-31-69-60(36-45)49-33-46(53-28-26-50(65(3,4)5)38-55(53)43-22-18-16-19-23-43)32-47(34-49)57-35-48(54-29-27-51(66(6,7)8)39-56(54)44-24-20-17-21-25-44)37-61-62(57)70-64(71(61)15)58-40-52(67(9,10)11)41-59(63(58)72)68(12,13)14;/h16-33,35-41,72H,1H2,2-15H3;/q-1;. The number of nitrogens with zero attached hydrogens (tertiary/aromatic N) is 3. The number of phenols is 1. The SMILES string of the molecule is C=C(C)c1ccnc(-c2[c-]c(-c3cc(-c4ccc(C(C)(C)C)cc4-c4ccccc4)cc4c3nc(-c3cc(C(C)(C)C)cc(C(C)(C)C)c3O)n4C)cc(-c3ccc(C(C)(C)C)cc3-c3ccccc3)c2)c1.[Pt]. The van der Waals surface area contributed by atoms with Crippen molar-refractivity contribution in [2.45, 2.75) is 112 Å². The van der Waals surface area contributed by atoms with Crippen LogP contribution in [0, 0.1) is 6.07 Å². The van der Waals surface area contributed by atoms with Crippen molar-refractivity contribution in [1.29, 1.82) is 0 Å². The van der Waals surface area contributed by atoms with Gasteiger partial charge >= 0.3 is 0 Å². The molecule has 0 saturated heterocycles. The number of hydrogen-bond acceptors (Lipinski definition) is 3. The van der Waals surface area contributed by atoms with Crippen molar-refractivity contribution >= 4 is 16.6 Å². The zero-order valence-electron chi connectivity index (χ0n) is 45.2. The Labute approximate surface area is 449 Å². The molecule has 0 aliphatic carbocycles. The minimum absolute atomic E-state index is 0. The number of pyridine rings is 1. The van der Waals surface area contributed by atoms with Gasteiger partial charge in [-0.1, -0.05) is 227 Å². The third-order valence-electron chi connectivity index (χ3n) is 14.3. The first-order valence-electron chi connectivity index (χ1n) is 25.4. The second-order valence-corrected chi connectivity index (χ2v) is 24.0. The van der Waals surface area contributed by atoms with E-state index in [0.717, 1.165) is 100 Å². The number of imidazole rings is 1. The van der Waals surface area contributed by atoms with Gasteiger partial charge in [0, 0.05) is 45.6 Å². The number of benzene rings is 7. The molecule has 0 bridgehead atoms. The van der Waals surface area contributed by atoms with Crippen LogP contribution in [0.25, 0.3) is 94.9 Å². The van der Waals surface area contributed by atoms with Gasteiger partial charge in [-0.25, -0.2) is 4.98 Å². The van der Waals surface area contributed by atoms with Crippen molar-refractivity contribution in [2.75, 3.05) is 0 Å². The Hall–Kier alpha value is -6.61. The minimum Gasteiger partial charge on any atom is -0.507 e. The predicted molar refractivity (Wildman–Crippen MR) is 307 cm³/mol. The van der Waals surface area contributed by atoms with E-state index in [1.807, 2.05) is 19.2 Å². The summed E-state index contributed by atoms with van der Waals surface area (Å²) in [6.07, 6.45) is 1.87. The second kappa shape index (κ2) is 19.7. The molecule has 0 spiro atoms. The molecule has 0 aliphatic rings. The molecule has 73 heavy (non-hydrogen) atoms. The number of aromatic nitrogens is 3. The summed E-state index contributed by atoms with van der Waals surface area (Å²) in [5.41, 5.74) is 20.8. The summed E-state index contributed by atoms with van der Waals surface area (Å²) in [6.45, 7) is 33.1. The Morgan fingerprint density at radius 3 is 1.52 bits per heavy atom. The quantitative estimate of drug-likeness (QED) is 0.154. The van der Waals surface area contributed by atoms with Crippen LogP contribution in [0.5, 0.6) is 5.75 Å². The van der Waals surface area contributed by atoms with Crippen LogP contribution in [0.4, 0.5) is 0 Å². The van der Waals surface area contributed by atoms with Gasteiger partial charge in [-0.2, -0.15) is 0 Å². The third kappa shape index (κ3) is 10.6. The average molecular weight is 1140 g/mol. The van der Waals surface area contributed by atoms with Crippen molar-refractivity contribution in [3.05, 3.63) is 192 Å². The molecule has 0 aliphatic heterocycles. The molecular formula is C68H70N3OPt-. The Morgan fingerprint density at radius 1 is 0.507 bits per heavy atom. The van der Waals surface area contributed by atoms with Crippen LogP contribution in [-0.4, -0.2) is 19.6 Å². The van der Waals surface area contributed by atoms with Crippen LogP contribution < -0.4 is 0 Å². The summed E-state index contributed by atoms with van der Waals surface area (Å²) in [4.78, 5) is 10.6. The molecule has 0 atom stereocenters. The van der Waals surface area contributed by atoms with E-state index in [0.29, 0.717) is 11.4 Å². The van der Waals surface area contributed by atoms with E-state index in [1.165, 1.54) is 11.1 Å². The molecule has 4 nitrogen and oxygen atoms in total. The zero-order chi connectivity index (χ0) is 51.7. The van der Waals surface area contributed by atoms with E-state index in [1.54, 1.807) is 0 Å². The smallest absolute Gasteiger partial charge is 0.143 e. The van der Waals surface area contributed by atoms with Gasteiger partial charge in [0.15, 0.2) is 0 Å². The largest absolute Gasteiger partial charge is 0.507 e. The second-order valence-electron chi connectivity index (χ2n) is 24.0. The van der Waals surface area contributed by atoms with E-state index >= 15 is 0 Å². The molecule has 0 radical (unpaired) electrons. The van der Waals surface area contributed by atoms with Crippen molar-refractivity contribution in [1.82, 2.24) is 14.5 Å². The molecule has 5 heteroatoms. The van der Waals surface area contributed by atoms with Crippen LogP contribution in [-0.2, 0) is 49.8 Å². The van der Waals surface area contributed by atoms with Gasteiger partial charge in [-0.3, -0.25) is 4.98 Å². The molecule has 374 valence electrons. The van der Waals surface area contributed by atoms with Crippen LogP contribution in [0.2, 0.25) is 0 Å². The van der Waals surface area contributed by atoms with Gasteiger partial charge in [-0.05, 0) is 108 Å². The first-order valence-corrected chi connectivity index (χ1v) is 25.4. The summed E-state index contributed by atoms with van der Waals surface area (Å²) in [6, 6.07) is 56.8. The Balaban J connectivity index is 0.00000711. The summed E-state index contributed by atoms with van der Waals surface area (Å²) >= 11 is 0. The van der Waals surface area contributed by atoms with Gasteiger partial charge < -0.3 is 9.67 Å². The number of aryl methyl sites for hydroxylation is 1. The Morgan fingerprint density at radius 2 is 1.01 bits per heavy atom. The maximum absolute atomic E-state index is 12.4. The molecule has 7 aromatic carbocycles. The molecule has 9 rings (SSSR count). The molecule has 0 amide bonds. The van der Waals surface area contributed by atoms with Gasteiger partial charge in [0.1, 0.15) is 11.6 Å². The number of fused-ring (bicyclic) bond motifs is 1. The molecule has 9 aromatic rings. The minimum atomic E-state index is -0.318. The van der Waals surface area contributed by atoms with Crippen molar-refractivity contribution in [3.8, 4) is 84.0 Å². The normalized spacial score (nSPS) is 12.2. The van der Waals surface area contributed by atoms with Crippen molar-refractivity contribution < 1.29 is 26.2 Å². The van der Waals surface area contributed by atoms with Crippen LogP contribution in [0.1, 0.15) is 118 Å². The Bertz CT molecular complexity index is 3530. The first-order chi connectivity index (χ1) is 33.9. The molecule has 0 fully saturated rings. The topological polar surface area (TPSA) is 50.9 Å². The van der Waals surface area contributed by atoms with E-state index in [-0.39, 0.29) is 48.5 Å². The van der Waals surface area contributed by atoms with Crippen molar-refractivity contribution in [2.24, 2.45) is 7.05 Å². The van der Waals surface area contributed by atoms with E-state index in [9.17, 15) is 5.11 Å². The number of hydrogen-bond donors (Lipinski definition) is 1. The Kier molecular flexibility index (Phi) is 14.2. The fourth-order valence-corrected chi connectivity index (χ4v) is 9.79. The van der Waals surface area contributed by atoms with Gasteiger partial charge in [0.2, 0.25) is 0 Å². The van der Waals surface area contributed by atoms with Crippen LogP contribution >= 0.6 is 0 Å². The fourth-order valence-electron chi connectivity index (χ4n) is 9.79. The van der Waals surface area contributed by atoms with Gasteiger partial charge in [-0.15, -0.1) is 23.8 Å². The molecule has 1 N–H and O–H groups in total. The average Bonchev–Trinajstić information content (AvgIpc) is 3.67. The summed E-state index contributed by atoms with van der Waals surface area (Å²) in [7, 11) is 2.08. The molecule has 2 aromatic heterocycles. The van der Waals surface area contributed by atoms with Crippen LogP contribution in [0.15, 0.2) is 158 Å². The monoisotopic (exact) mass is 1140 g/mol. The maximum Gasteiger partial charge on any atom is 0.143 e. The number of allylic oxidation sites excluding steroid dienone is 1.